The maximum atomic E-state index is 13.4. The van der Waals surface area contributed by atoms with Gasteiger partial charge >= 0.3 is 6.18 Å². The van der Waals surface area contributed by atoms with Crippen LogP contribution in [0.5, 0.6) is 0 Å². The van der Waals surface area contributed by atoms with Gasteiger partial charge in [-0.1, -0.05) is 0 Å². The van der Waals surface area contributed by atoms with E-state index in [4.69, 9.17) is 0 Å². The van der Waals surface area contributed by atoms with Crippen molar-refractivity contribution >= 4 is 27.3 Å². The average Bonchev–Trinajstić information content (AvgIpc) is 2.75. The molecule has 1 aromatic heterocycles. The zero-order valence-electron chi connectivity index (χ0n) is 10.3. The molecule has 0 aliphatic rings. The SMILES string of the molecule is CNC(c1cc(F)ccc1C(F)(F)F)c1sccc1Br. The highest BCUT2D eigenvalue weighted by Gasteiger charge is 2.36. The second kappa shape index (κ2) is 5.83. The molecule has 0 saturated heterocycles. The van der Waals surface area contributed by atoms with Crippen LogP contribution < -0.4 is 5.32 Å². The van der Waals surface area contributed by atoms with Gasteiger partial charge in [-0.25, -0.2) is 4.39 Å². The second-order valence-electron chi connectivity index (χ2n) is 4.08. The van der Waals surface area contributed by atoms with Gasteiger partial charge in [0.15, 0.2) is 0 Å². The van der Waals surface area contributed by atoms with Gasteiger partial charge < -0.3 is 5.32 Å². The van der Waals surface area contributed by atoms with Crippen LogP contribution in [0.15, 0.2) is 34.1 Å². The molecule has 0 aliphatic carbocycles. The third-order valence-electron chi connectivity index (χ3n) is 2.83. The lowest BCUT2D eigenvalue weighted by Gasteiger charge is -2.21. The molecular formula is C13H10BrF4NS. The van der Waals surface area contributed by atoms with Crippen LogP contribution in [0.1, 0.15) is 22.0 Å². The highest BCUT2D eigenvalue weighted by Crippen LogP contribution is 2.40. The Kier molecular flexibility index (Phi) is 4.51. The maximum Gasteiger partial charge on any atom is 0.416 e. The average molecular weight is 368 g/mol. The van der Waals surface area contributed by atoms with Gasteiger partial charge in [0.05, 0.1) is 11.6 Å². The quantitative estimate of drug-likeness (QED) is 0.754. The molecule has 0 aliphatic heterocycles. The molecule has 1 heterocycles. The fraction of sp³-hybridized carbons (Fsp3) is 0.231. The number of benzene rings is 1. The fourth-order valence-corrected chi connectivity index (χ4v) is 3.70. The Morgan fingerprint density at radius 2 is 1.95 bits per heavy atom. The Balaban J connectivity index is 2.60. The van der Waals surface area contributed by atoms with E-state index in [1.807, 2.05) is 0 Å². The van der Waals surface area contributed by atoms with Gasteiger partial charge in [-0.3, -0.25) is 0 Å². The number of alkyl halides is 3. The zero-order chi connectivity index (χ0) is 14.9. The van der Waals surface area contributed by atoms with Crippen LogP contribution in [0.4, 0.5) is 17.6 Å². The molecule has 0 saturated carbocycles. The first-order valence-electron chi connectivity index (χ1n) is 5.61. The van der Waals surface area contributed by atoms with Crippen molar-refractivity contribution in [3.05, 3.63) is 55.9 Å². The maximum absolute atomic E-state index is 13.4. The molecule has 20 heavy (non-hydrogen) atoms. The van der Waals surface area contributed by atoms with Crippen molar-refractivity contribution in [2.24, 2.45) is 0 Å². The first-order chi connectivity index (χ1) is 9.34. The molecule has 1 nitrogen and oxygen atoms in total. The Labute approximate surface area is 125 Å². The van der Waals surface area contributed by atoms with Crippen LogP contribution in [0.2, 0.25) is 0 Å². The van der Waals surface area contributed by atoms with E-state index in [1.54, 1.807) is 18.5 Å². The minimum atomic E-state index is -4.53. The van der Waals surface area contributed by atoms with Crippen molar-refractivity contribution in [1.29, 1.82) is 0 Å². The van der Waals surface area contributed by atoms with Gasteiger partial charge in [-0.2, -0.15) is 13.2 Å². The molecule has 1 N–H and O–H groups in total. The van der Waals surface area contributed by atoms with E-state index >= 15 is 0 Å². The number of halogens is 5. The summed E-state index contributed by atoms with van der Waals surface area (Å²) in [5.74, 6) is -0.694. The molecule has 1 atom stereocenters. The van der Waals surface area contributed by atoms with E-state index < -0.39 is 23.6 Å². The van der Waals surface area contributed by atoms with E-state index in [1.165, 1.54) is 11.3 Å². The van der Waals surface area contributed by atoms with E-state index in [2.05, 4.69) is 21.2 Å². The molecule has 1 aromatic carbocycles. The Morgan fingerprint density at radius 1 is 1.25 bits per heavy atom. The minimum absolute atomic E-state index is 0.122. The highest BCUT2D eigenvalue weighted by atomic mass is 79.9. The number of nitrogens with one attached hydrogen (secondary N) is 1. The van der Waals surface area contributed by atoms with Crippen molar-refractivity contribution in [1.82, 2.24) is 5.32 Å². The molecule has 1 unspecified atom stereocenters. The summed E-state index contributed by atoms with van der Waals surface area (Å²) in [4.78, 5) is 0.670. The van der Waals surface area contributed by atoms with E-state index in [0.29, 0.717) is 9.35 Å². The molecule has 0 radical (unpaired) electrons. The number of rotatable bonds is 3. The first-order valence-corrected chi connectivity index (χ1v) is 7.28. The van der Waals surface area contributed by atoms with Crippen LogP contribution in [0, 0.1) is 5.82 Å². The summed E-state index contributed by atoms with van der Waals surface area (Å²) in [5, 5.41) is 4.58. The summed E-state index contributed by atoms with van der Waals surface area (Å²) in [5.41, 5.74) is -0.957. The summed E-state index contributed by atoms with van der Waals surface area (Å²) >= 11 is 4.60. The normalized spacial score (nSPS) is 13.5. The van der Waals surface area contributed by atoms with Crippen molar-refractivity contribution in [2.45, 2.75) is 12.2 Å². The molecular weight excluding hydrogens is 358 g/mol. The van der Waals surface area contributed by atoms with Crippen LogP contribution in [0.3, 0.4) is 0 Å². The van der Waals surface area contributed by atoms with Crippen molar-refractivity contribution < 1.29 is 17.6 Å². The van der Waals surface area contributed by atoms with Crippen molar-refractivity contribution in [3.63, 3.8) is 0 Å². The zero-order valence-corrected chi connectivity index (χ0v) is 12.7. The van der Waals surface area contributed by atoms with Crippen LogP contribution >= 0.6 is 27.3 Å². The molecule has 0 bridgehead atoms. The van der Waals surface area contributed by atoms with Gasteiger partial charge in [0.2, 0.25) is 0 Å². The van der Waals surface area contributed by atoms with E-state index in [0.717, 1.165) is 18.2 Å². The van der Waals surface area contributed by atoms with Crippen LogP contribution in [0.25, 0.3) is 0 Å². The first kappa shape index (κ1) is 15.5. The monoisotopic (exact) mass is 367 g/mol. The summed E-state index contributed by atoms with van der Waals surface area (Å²) in [6.07, 6.45) is -4.53. The lowest BCUT2D eigenvalue weighted by atomic mass is 9.98. The molecule has 2 rings (SSSR count). The third-order valence-corrected chi connectivity index (χ3v) is 4.76. The Morgan fingerprint density at radius 3 is 2.45 bits per heavy atom. The summed E-state index contributed by atoms with van der Waals surface area (Å²) < 4.78 is 53.2. The number of thiophene rings is 1. The third kappa shape index (κ3) is 3.05. The number of hydrogen-bond acceptors (Lipinski definition) is 2. The molecule has 108 valence electrons. The van der Waals surface area contributed by atoms with Gasteiger partial charge in [0.1, 0.15) is 5.82 Å². The summed E-state index contributed by atoms with van der Waals surface area (Å²) in [7, 11) is 1.54. The fourth-order valence-electron chi connectivity index (χ4n) is 1.97. The minimum Gasteiger partial charge on any atom is -0.309 e. The lowest BCUT2D eigenvalue weighted by Crippen LogP contribution is -2.21. The summed E-state index contributed by atoms with van der Waals surface area (Å²) in [6.45, 7) is 0. The smallest absolute Gasteiger partial charge is 0.309 e. The summed E-state index contributed by atoms with van der Waals surface area (Å²) in [6, 6.07) is 3.54. The largest absolute Gasteiger partial charge is 0.416 e. The Hall–Kier alpha value is -0.920. The molecule has 2 aromatic rings. The molecule has 0 fully saturated rings. The highest BCUT2D eigenvalue weighted by molar-refractivity contribution is 9.10. The second-order valence-corrected chi connectivity index (χ2v) is 5.89. The van der Waals surface area contributed by atoms with Crippen LogP contribution in [-0.2, 0) is 6.18 Å². The Bertz CT molecular complexity index is 609. The van der Waals surface area contributed by atoms with Gasteiger partial charge in [-0.15, -0.1) is 11.3 Å². The van der Waals surface area contributed by atoms with Gasteiger partial charge in [0, 0.05) is 9.35 Å². The van der Waals surface area contributed by atoms with E-state index in [9.17, 15) is 17.6 Å². The lowest BCUT2D eigenvalue weighted by molar-refractivity contribution is -0.138. The molecule has 7 heteroatoms. The van der Waals surface area contributed by atoms with Gasteiger partial charge in [0.25, 0.3) is 0 Å². The van der Waals surface area contributed by atoms with E-state index in [-0.39, 0.29) is 5.56 Å². The standard InChI is InChI=1S/C13H10BrF4NS/c1-19-11(12-10(14)4-5-20-12)8-6-7(15)2-3-9(8)13(16,17)18/h2-6,11,19H,1H3. The van der Waals surface area contributed by atoms with Crippen LogP contribution in [-0.4, -0.2) is 7.05 Å². The topological polar surface area (TPSA) is 12.0 Å². The van der Waals surface area contributed by atoms with Crippen molar-refractivity contribution in [2.75, 3.05) is 7.05 Å². The predicted octanol–water partition coefficient (Wildman–Crippen LogP) is 4.98. The molecule has 0 amide bonds. The van der Waals surface area contributed by atoms with Crippen molar-refractivity contribution in [3.8, 4) is 0 Å². The molecule has 0 spiro atoms. The van der Waals surface area contributed by atoms with Gasteiger partial charge in [-0.05, 0) is 58.2 Å². The predicted molar refractivity (Wildman–Crippen MR) is 74.3 cm³/mol. The number of hydrogen-bond donors (Lipinski definition) is 1.